The van der Waals surface area contributed by atoms with Crippen LogP contribution < -0.4 is 0 Å². The summed E-state index contributed by atoms with van der Waals surface area (Å²) < 4.78 is 0.822. The standard InChI is InChI=1S/C15H14BrN3O/c16-13-8-12(9-18-10-13)15(20)19-7-1-2-14(19)11-3-5-17-6-4-11/h3-6,8-10,14H,1-2,7H2/t14-/m0/s1. The molecule has 0 N–H and O–H groups in total. The fraction of sp³-hybridized carbons (Fsp3) is 0.267. The Balaban J connectivity index is 1.87. The molecule has 0 spiro atoms. The summed E-state index contributed by atoms with van der Waals surface area (Å²) in [5, 5.41) is 0. The maximum absolute atomic E-state index is 12.6. The maximum Gasteiger partial charge on any atom is 0.255 e. The summed E-state index contributed by atoms with van der Waals surface area (Å²) in [6.45, 7) is 0.790. The molecule has 0 aliphatic carbocycles. The van der Waals surface area contributed by atoms with Crippen LogP contribution in [0.25, 0.3) is 0 Å². The number of aromatic nitrogens is 2. The first kappa shape index (κ1) is 13.2. The number of pyridine rings is 2. The molecule has 5 heteroatoms. The van der Waals surface area contributed by atoms with Crippen molar-refractivity contribution in [3.8, 4) is 0 Å². The first-order valence-electron chi connectivity index (χ1n) is 6.57. The molecule has 3 rings (SSSR count). The van der Waals surface area contributed by atoms with E-state index in [1.807, 2.05) is 23.1 Å². The summed E-state index contributed by atoms with van der Waals surface area (Å²) >= 11 is 3.36. The van der Waals surface area contributed by atoms with E-state index < -0.39 is 0 Å². The van der Waals surface area contributed by atoms with Gasteiger partial charge in [-0.25, -0.2) is 0 Å². The third kappa shape index (κ3) is 2.58. The second-order valence-electron chi connectivity index (χ2n) is 4.83. The number of amides is 1. The summed E-state index contributed by atoms with van der Waals surface area (Å²) in [5.41, 5.74) is 1.77. The SMILES string of the molecule is O=C(c1cncc(Br)c1)N1CCC[C@H]1c1ccncc1. The molecule has 3 heterocycles. The van der Waals surface area contributed by atoms with Gasteiger partial charge in [-0.3, -0.25) is 14.8 Å². The number of rotatable bonds is 2. The van der Waals surface area contributed by atoms with Crippen molar-refractivity contribution >= 4 is 21.8 Å². The number of carbonyl (C=O) groups is 1. The average molecular weight is 332 g/mol. The third-order valence-corrected chi connectivity index (χ3v) is 3.99. The van der Waals surface area contributed by atoms with Gasteiger partial charge in [0.2, 0.25) is 0 Å². The van der Waals surface area contributed by atoms with Crippen molar-refractivity contribution in [2.75, 3.05) is 6.54 Å². The first-order chi connectivity index (χ1) is 9.75. The molecule has 0 radical (unpaired) electrons. The highest BCUT2D eigenvalue weighted by molar-refractivity contribution is 9.10. The molecule has 1 fully saturated rings. The molecule has 1 atom stereocenters. The number of carbonyl (C=O) groups excluding carboxylic acids is 1. The van der Waals surface area contributed by atoms with Crippen LogP contribution in [0.4, 0.5) is 0 Å². The van der Waals surface area contributed by atoms with Crippen LogP contribution in [-0.2, 0) is 0 Å². The monoisotopic (exact) mass is 331 g/mol. The molecular weight excluding hydrogens is 318 g/mol. The van der Waals surface area contributed by atoms with E-state index in [1.165, 1.54) is 0 Å². The van der Waals surface area contributed by atoms with Gasteiger partial charge in [-0.05, 0) is 52.5 Å². The highest BCUT2D eigenvalue weighted by Crippen LogP contribution is 2.32. The molecule has 1 aliphatic heterocycles. The van der Waals surface area contributed by atoms with Gasteiger partial charge in [0.25, 0.3) is 5.91 Å². The van der Waals surface area contributed by atoms with Crippen molar-refractivity contribution in [3.63, 3.8) is 0 Å². The van der Waals surface area contributed by atoms with E-state index in [0.29, 0.717) is 5.56 Å². The van der Waals surface area contributed by atoms with Crippen LogP contribution in [0.3, 0.4) is 0 Å². The molecule has 2 aromatic heterocycles. The fourth-order valence-electron chi connectivity index (χ4n) is 2.64. The zero-order valence-electron chi connectivity index (χ0n) is 10.9. The maximum atomic E-state index is 12.6. The van der Waals surface area contributed by atoms with Crippen molar-refractivity contribution in [1.29, 1.82) is 0 Å². The highest BCUT2D eigenvalue weighted by Gasteiger charge is 2.30. The Bertz CT molecular complexity index is 618. The smallest absolute Gasteiger partial charge is 0.255 e. The van der Waals surface area contributed by atoms with E-state index in [4.69, 9.17) is 0 Å². The Morgan fingerprint density at radius 2 is 2.05 bits per heavy atom. The molecule has 0 unspecified atom stereocenters. The molecule has 4 nitrogen and oxygen atoms in total. The van der Waals surface area contributed by atoms with Gasteiger partial charge in [0.05, 0.1) is 11.6 Å². The highest BCUT2D eigenvalue weighted by atomic mass is 79.9. The predicted molar refractivity (Wildman–Crippen MR) is 79.2 cm³/mol. The van der Waals surface area contributed by atoms with Crippen LogP contribution in [0, 0.1) is 0 Å². The van der Waals surface area contributed by atoms with Crippen molar-refractivity contribution in [3.05, 3.63) is 58.6 Å². The largest absolute Gasteiger partial charge is 0.332 e. The van der Waals surface area contributed by atoms with Crippen LogP contribution >= 0.6 is 15.9 Å². The fourth-order valence-corrected chi connectivity index (χ4v) is 3.00. The molecule has 2 aromatic rings. The first-order valence-corrected chi connectivity index (χ1v) is 7.36. The number of halogens is 1. The Kier molecular flexibility index (Phi) is 3.78. The van der Waals surface area contributed by atoms with Crippen molar-refractivity contribution in [2.24, 2.45) is 0 Å². The van der Waals surface area contributed by atoms with Crippen molar-refractivity contribution < 1.29 is 4.79 Å². The Hall–Kier alpha value is -1.75. The molecule has 0 bridgehead atoms. The second-order valence-corrected chi connectivity index (χ2v) is 5.74. The van der Waals surface area contributed by atoms with Crippen LogP contribution in [0.5, 0.6) is 0 Å². The minimum Gasteiger partial charge on any atom is -0.332 e. The lowest BCUT2D eigenvalue weighted by molar-refractivity contribution is 0.0735. The molecule has 1 aliphatic rings. The molecule has 20 heavy (non-hydrogen) atoms. The van der Waals surface area contributed by atoms with Gasteiger partial charge in [0.1, 0.15) is 0 Å². The van der Waals surface area contributed by atoms with Crippen LogP contribution in [0.2, 0.25) is 0 Å². The summed E-state index contributed by atoms with van der Waals surface area (Å²) in [6.07, 6.45) is 8.88. The molecule has 1 saturated heterocycles. The van der Waals surface area contributed by atoms with Crippen LogP contribution in [-0.4, -0.2) is 27.3 Å². The predicted octanol–water partition coefficient (Wildman–Crippen LogP) is 3.22. The third-order valence-electron chi connectivity index (χ3n) is 3.56. The number of hydrogen-bond donors (Lipinski definition) is 0. The summed E-state index contributed by atoms with van der Waals surface area (Å²) in [6, 6.07) is 5.92. The van der Waals surface area contributed by atoms with Gasteiger partial charge in [0, 0.05) is 35.8 Å². The van der Waals surface area contributed by atoms with Gasteiger partial charge < -0.3 is 4.90 Å². The lowest BCUT2D eigenvalue weighted by atomic mass is 10.1. The van der Waals surface area contributed by atoms with Crippen molar-refractivity contribution in [1.82, 2.24) is 14.9 Å². The summed E-state index contributed by atoms with van der Waals surface area (Å²) in [4.78, 5) is 22.7. The zero-order valence-corrected chi connectivity index (χ0v) is 12.5. The van der Waals surface area contributed by atoms with E-state index >= 15 is 0 Å². The quantitative estimate of drug-likeness (QED) is 0.848. The Morgan fingerprint density at radius 1 is 1.25 bits per heavy atom. The van der Waals surface area contributed by atoms with Gasteiger partial charge in [-0.2, -0.15) is 0 Å². The molecular formula is C15H14BrN3O. The van der Waals surface area contributed by atoms with Gasteiger partial charge in [-0.1, -0.05) is 0 Å². The van der Waals surface area contributed by atoms with Gasteiger partial charge >= 0.3 is 0 Å². The zero-order chi connectivity index (χ0) is 13.9. The van der Waals surface area contributed by atoms with Crippen LogP contribution in [0.15, 0.2) is 47.5 Å². The molecule has 1 amide bonds. The Labute approximate surface area is 126 Å². The molecule has 102 valence electrons. The van der Waals surface area contributed by atoms with E-state index in [9.17, 15) is 4.79 Å². The van der Waals surface area contributed by atoms with E-state index in [1.54, 1.807) is 24.8 Å². The second kappa shape index (κ2) is 5.71. The average Bonchev–Trinajstić information content (AvgIpc) is 2.97. The van der Waals surface area contributed by atoms with E-state index in [0.717, 1.165) is 29.4 Å². The lowest BCUT2D eigenvalue weighted by Gasteiger charge is -2.25. The molecule has 0 aromatic carbocycles. The summed E-state index contributed by atoms with van der Waals surface area (Å²) in [5.74, 6) is 0.0399. The Morgan fingerprint density at radius 3 is 2.80 bits per heavy atom. The van der Waals surface area contributed by atoms with E-state index in [-0.39, 0.29) is 11.9 Å². The van der Waals surface area contributed by atoms with E-state index in [2.05, 4.69) is 25.9 Å². The summed E-state index contributed by atoms with van der Waals surface area (Å²) in [7, 11) is 0. The molecule has 0 saturated carbocycles. The topological polar surface area (TPSA) is 46.1 Å². The minimum absolute atomic E-state index is 0.0399. The van der Waals surface area contributed by atoms with Gasteiger partial charge in [-0.15, -0.1) is 0 Å². The lowest BCUT2D eigenvalue weighted by Crippen LogP contribution is -2.30. The number of nitrogens with zero attached hydrogens (tertiary/aromatic N) is 3. The van der Waals surface area contributed by atoms with Crippen molar-refractivity contribution in [2.45, 2.75) is 18.9 Å². The number of likely N-dealkylation sites (tertiary alicyclic amines) is 1. The minimum atomic E-state index is 0.0399. The van der Waals surface area contributed by atoms with Crippen LogP contribution in [0.1, 0.15) is 34.8 Å². The van der Waals surface area contributed by atoms with Gasteiger partial charge in [0.15, 0.2) is 0 Å². The normalized spacial score (nSPS) is 18.2. The number of hydrogen-bond acceptors (Lipinski definition) is 3.